The molecule has 1 heterocycles. The molecule has 0 amide bonds. The molecule has 1 N–H and O–H groups in total. The molecule has 0 spiro atoms. The molecule has 1 aliphatic rings. The highest BCUT2D eigenvalue weighted by molar-refractivity contribution is 5.52. The molecule has 1 aliphatic heterocycles. The molecule has 1 fully saturated rings. The third kappa shape index (κ3) is 3.10. The second kappa shape index (κ2) is 5.93. The molecule has 0 aromatic heterocycles. The maximum Gasteiger partial charge on any atom is 0.0446 e. The van der Waals surface area contributed by atoms with Crippen molar-refractivity contribution in [1.82, 2.24) is 4.90 Å². The molecule has 19 heavy (non-hydrogen) atoms. The molecule has 0 aliphatic carbocycles. The van der Waals surface area contributed by atoms with Crippen LogP contribution in [0.25, 0.3) is 0 Å². The van der Waals surface area contributed by atoms with Crippen LogP contribution in [0.2, 0.25) is 0 Å². The van der Waals surface area contributed by atoms with Crippen molar-refractivity contribution in [2.24, 2.45) is 0 Å². The summed E-state index contributed by atoms with van der Waals surface area (Å²) in [6, 6.07) is 7.68. The minimum atomic E-state index is 0.268. The first kappa shape index (κ1) is 14.4. The predicted octanol–water partition coefficient (Wildman–Crippen LogP) is 2.19. The average Bonchev–Trinajstić information content (AvgIpc) is 2.36. The van der Waals surface area contributed by atoms with Gasteiger partial charge < -0.3 is 10.0 Å². The van der Waals surface area contributed by atoms with E-state index in [1.807, 2.05) is 0 Å². The molecule has 2 atom stereocenters. The molecule has 1 aromatic rings. The van der Waals surface area contributed by atoms with Gasteiger partial charge in [-0.25, -0.2) is 0 Å². The molecule has 106 valence electrons. The highest BCUT2D eigenvalue weighted by atomic mass is 16.3. The van der Waals surface area contributed by atoms with Crippen molar-refractivity contribution in [3.05, 3.63) is 29.3 Å². The summed E-state index contributed by atoms with van der Waals surface area (Å²) >= 11 is 0. The Balaban J connectivity index is 2.19. The van der Waals surface area contributed by atoms with Crippen LogP contribution in [0.5, 0.6) is 0 Å². The number of nitrogens with zero attached hydrogens (tertiary/aromatic N) is 2. The number of hydrogen-bond acceptors (Lipinski definition) is 3. The summed E-state index contributed by atoms with van der Waals surface area (Å²) in [6.45, 7) is 8.93. The number of rotatable bonds is 3. The van der Waals surface area contributed by atoms with E-state index in [2.05, 4.69) is 55.8 Å². The Kier molecular flexibility index (Phi) is 4.48. The first-order valence-electron chi connectivity index (χ1n) is 7.18. The van der Waals surface area contributed by atoms with Gasteiger partial charge in [0.2, 0.25) is 0 Å². The van der Waals surface area contributed by atoms with E-state index >= 15 is 0 Å². The van der Waals surface area contributed by atoms with Crippen LogP contribution in [0, 0.1) is 13.8 Å². The van der Waals surface area contributed by atoms with Crippen LogP contribution < -0.4 is 4.90 Å². The van der Waals surface area contributed by atoms with Crippen molar-refractivity contribution >= 4 is 5.69 Å². The largest absolute Gasteiger partial charge is 0.396 e. The number of anilines is 1. The topological polar surface area (TPSA) is 26.7 Å². The van der Waals surface area contributed by atoms with Crippen molar-refractivity contribution in [2.45, 2.75) is 39.3 Å². The van der Waals surface area contributed by atoms with Gasteiger partial charge in [-0.05, 0) is 57.5 Å². The van der Waals surface area contributed by atoms with Gasteiger partial charge in [0.25, 0.3) is 0 Å². The number of aliphatic hydroxyl groups excluding tert-OH is 1. The zero-order chi connectivity index (χ0) is 14.0. The highest BCUT2D eigenvalue weighted by Crippen LogP contribution is 2.25. The number of aryl methyl sites for hydroxylation is 2. The third-order valence-corrected chi connectivity index (χ3v) is 4.40. The van der Waals surface area contributed by atoms with E-state index in [0.29, 0.717) is 12.1 Å². The van der Waals surface area contributed by atoms with Crippen LogP contribution in [0.3, 0.4) is 0 Å². The fourth-order valence-corrected chi connectivity index (χ4v) is 2.94. The fourth-order valence-electron chi connectivity index (χ4n) is 2.94. The summed E-state index contributed by atoms with van der Waals surface area (Å²) in [5.74, 6) is 0. The van der Waals surface area contributed by atoms with Crippen molar-refractivity contribution < 1.29 is 5.11 Å². The van der Waals surface area contributed by atoms with Crippen LogP contribution in [0.15, 0.2) is 18.2 Å². The molecule has 0 saturated carbocycles. The quantitative estimate of drug-likeness (QED) is 0.904. The normalized spacial score (nSPS) is 24.8. The van der Waals surface area contributed by atoms with E-state index in [0.717, 1.165) is 19.5 Å². The van der Waals surface area contributed by atoms with E-state index in [4.69, 9.17) is 0 Å². The summed E-state index contributed by atoms with van der Waals surface area (Å²) < 4.78 is 0. The van der Waals surface area contributed by atoms with E-state index in [1.54, 1.807) is 0 Å². The molecular weight excluding hydrogens is 236 g/mol. The van der Waals surface area contributed by atoms with E-state index in [9.17, 15) is 5.11 Å². The SMILES string of the molecule is Cc1ccc(N2CC(CCO)N(C)CC2C)cc1C. The number of benzene rings is 1. The lowest BCUT2D eigenvalue weighted by molar-refractivity contribution is 0.154. The first-order chi connectivity index (χ1) is 9.02. The third-order valence-electron chi connectivity index (χ3n) is 4.40. The highest BCUT2D eigenvalue weighted by Gasteiger charge is 2.29. The first-order valence-corrected chi connectivity index (χ1v) is 7.18. The van der Waals surface area contributed by atoms with Crippen LogP contribution >= 0.6 is 0 Å². The van der Waals surface area contributed by atoms with Crippen molar-refractivity contribution in [3.63, 3.8) is 0 Å². The molecule has 0 bridgehead atoms. The van der Waals surface area contributed by atoms with Crippen molar-refractivity contribution in [1.29, 1.82) is 0 Å². The number of hydrogen-bond donors (Lipinski definition) is 1. The van der Waals surface area contributed by atoms with Crippen LogP contribution in [0.1, 0.15) is 24.5 Å². The Morgan fingerprint density at radius 1 is 1.21 bits per heavy atom. The Hall–Kier alpha value is -1.06. The summed E-state index contributed by atoms with van der Waals surface area (Å²) in [4.78, 5) is 4.85. The second-order valence-corrected chi connectivity index (χ2v) is 5.88. The summed E-state index contributed by atoms with van der Waals surface area (Å²) in [6.07, 6.45) is 0.852. The maximum absolute atomic E-state index is 9.19. The molecule has 0 radical (unpaired) electrons. The predicted molar refractivity (Wildman–Crippen MR) is 80.8 cm³/mol. The summed E-state index contributed by atoms with van der Waals surface area (Å²) in [5, 5.41) is 9.19. The van der Waals surface area contributed by atoms with Crippen molar-refractivity contribution in [2.75, 3.05) is 31.6 Å². The lowest BCUT2D eigenvalue weighted by Crippen LogP contribution is -2.56. The zero-order valence-electron chi connectivity index (χ0n) is 12.6. The smallest absolute Gasteiger partial charge is 0.0446 e. The van der Waals surface area contributed by atoms with Gasteiger partial charge in [-0.2, -0.15) is 0 Å². The van der Waals surface area contributed by atoms with Crippen LogP contribution in [-0.2, 0) is 0 Å². The van der Waals surface area contributed by atoms with Gasteiger partial charge in [0.1, 0.15) is 0 Å². The number of piperazine rings is 1. The molecule has 3 nitrogen and oxygen atoms in total. The minimum absolute atomic E-state index is 0.268. The Bertz CT molecular complexity index is 433. The molecule has 1 aromatic carbocycles. The summed E-state index contributed by atoms with van der Waals surface area (Å²) in [5.41, 5.74) is 4.01. The molecule has 2 unspecified atom stereocenters. The monoisotopic (exact) mass is 262 g/mol. The van der Waals surface area contributed by atoms with E-state index in [-0.39, 0.29) is 6.61 Å². The molecule has 3 heteroatoms. The average molecular weight is 262 g/mol. The van der Waals surface area contributed by atoms with Crippen LogP contribution in [0.4, 0.5) is 5.69 Å². The minimum Gasteiger partial charge on any atom is -0.396 e. The van der Waals surface area contributed by atoms with Gasteiger partial charge >= 0.3 is 0 Å². The van der Waals surface area contributed by atoms with E-state index in [1.165, 1.54) is 16.8 Å². The molecule has 2 rings (SSSR count). The van der Waals surface area contributed by atoms with Crippen LogP contribution in [-0.4, -0.2) is 48.8 Å². The lowest BCUT2D eigenvalue weighted by Gasteiger charge is -2.45. The Morgan fingerprint density at radius 2 is 1.95 bits per heavy atom. The summed E-state index contributed by atoms with van der Waals surface area (Å²) in [7, 11) is 2.16. The van der Waals surface area contributed by atoms with Gasteiger partial charge in [0.05, 0.1) is 0 Å². The van der Waals surface area contributed by atoms with Gasteiger partial charge in [0.15, 0.2) is 0 Å². The Labute approximate surface area is 116 Å². The standard InChI is InChI=1S/C16H26N2O/c1-12-5-6-15(9-13(12)2)18-11-16(7-8-19)17(4)10-14(18)3/h5-6,9,14,16,19H,7-8,10-11H2,1-4H3. The van der Waals surface area contributed by atoms with Crippen molar-refractivity contribution in [3.8, 4) is 0 Å². The van der Waals surface area contributed by atoms with E-state index < -0.39 is 0 Å². The number of likely N-dealkylation sites (N-methyl/N-ethyl adjacent to an activating group) is 1. The Morgan fingerprint density at radius 3 is 2.58 bits per heavy atom. The molecular formula is C16H26N2O. The van der Waals surface area contributed by atoms with Gasteiger partial charge in [-0.3, -0.25) is 4.90 Å². The maximum atomic E-state index is 9.19. The zero-order valence-corrected chi connectivity index (χ0v) is 12.6. The van der Waals surface area contributed by atoms with Gasteiger partial charge in [0, 0.05) is 37.5 Å². The molecule has 1 saturated heterocycles. The second-order valence-electron chi connectivity index (χ2n) is 5.88. The number of aliphatic hydroxyl groups is 1. The lowest BCUT2D eigenvalue weighted by atomic mass is 10.0. The van der Waals surface area contributed by atoms with Gasteiger partial charge in [-0.15, -0.1) is 0 Å². The van der Waals surface area contributed by atoms with Gasteiger partial charge in [-0.1, -0.05) is 6.07 Å². The fraction of sp³-hybridized carbons (Fsp3) is 0.625.